The lowest BCUT2D eigenvalue weighted by atomic mass is 10.1. The molecule has 0 amide bonds. The second-order valence-electron chi connectivity index (χ2n) is 4.71. The predicted octanol–water partition coefficient (Wildman–Crippen LogP) is 4.32. The molecule has 0 radical (unpaired) electrons. The van der Waals surface area contributed by atoms with Gasteiger partial charge in [0.2, 0.25) is 5.13 Å². The molecule has 23 heavy (non-hydrogen) atoms. The summed E-state index contributed by atoms with van der Waals surface area (Å²) >= 11 is 1.29. The Morgan fingerprint density at radius 1 is 1.26 bits per heavy atom. The predicted molar refractivity (Wildman–Crippen MR) is 87.5 cm³/mol. The first-order valence-electron chi connectivity index (χ1n) is 6.75. The smallest absolute Gasteiger partial charge is 0.203 e. The van der Waals surface area contributed by atoms with Gasteiger partial charge in [-0.05, 0) is 25.1 Å². The Bertz CT molecular complexity index is 846. The maximum atomic E-state index is 13.8. The molecule has 0 fully saturated rings. The molecule has 4 nitrogen and oxygen atoms in total. The largest absolute Gasteiger partial charge is 0.264 e. The topological polar surface area (TPSA) is 50.2 Å². The van der Waals surface area contributed by atoms with Crippen molar-refractivity contribution in [2.75, 3.05) is 5.43 Å². The van der Waals surface area contributed by atoms with Crippen molar-refractivity contribution in [3.63, 3.8) is 0 Å². The molecule has 116 valence electrons. The fraction of sp³-hybridized carbons (Fsp3) is 0.0625. The Morgan fingerprint density at radius 2 is 2.13 bits per heavy atom. The Hall–Kier alpha value is -2.67. The number of hydrogen-bond acceptors (Lipinski definition) is 5. The summed E-state index contributed by atoms with van der Waals surface area (Å²) in [5, 5.41) is 6.44. The van der Waals surface area contributed by atoms with Gasteiger partial charge in [-0.15, -0.1) is 11.3 Å². The fourth-order valence-corrected chi connectivity index (χ4v) is 2.57. The first-order chi connectivity index (χ1) is 11.1. The Labute approximate surface area is 135 Å². The number of benzene rings is 1. The SMILES string of the molecule is C/C(=N/Nc1nc(-c2ccc(F)cc2F)cs1)c1cccnc1. The Balaban J connectivity index is 1.77. The summed E-state index contributed by atoms with van der Waals surface area (Å²) in [6.07, 6.45) is 3.40. The maximum absolute atomic E-state index is 13.8. The lowest BCUT2D eigenvalue weighted by Crippen LogP contribution is -1.99. The van der Waals surface area contributed by atoms with Gasteiger partial charge in [-0.1, -0.05) is 6.07 Å². The molecule has 0 saturated carbocycles. The molecule has 0 aliphatic heterocycles. The average Bonchev–Trinajstić information content (AvgIpc) is 3.02. The second-order valence-corrected chi connectivity index (χ2v) is 5.57. The van der Waals surface area contributed by atoms with E-state index in [1.807, 2.05) is 19.1 Å². The van der Waals surface area contributed by atoms with Crippen LogP contribution in [0.15, 0.2) is 53.2 Å². The van der Waals surface area contributed by atoms with E-state index in [4.69, 9.17) is 0 Å². The minimum Gasteiger partial charge on any atom is -0.264 e. The molecule has 0 spiro atoms. The third kappa shape index (κ3) is 3.57. The highest BCUT2D eigenvalue weighted by Crippen LogP contribution is 2.27. The van der Waals surface area contributed by atoms with Gasteiger partial charge in [-0.2, -0.15) is 5.10 Å². The van der Waals surface area contributed by atoms with Gasteiger partial charge in [-0.3, -0.25) is 10.4 Å². The Morgan fingerprint density at radius 3 is 2.87 bits per heavy atom. The summed E-state index contributed by atoms with van der Waals surface area (Å²) < 4.78 is 26.7. The van der Waals surface area contributed by atoms with E-state index in [2.05, 4.69) is 20.5 Å². The van der Waals surface area contributed by atoms with E-state index in [-0.39, 0.29) is 5.56 Å². The van der Waals surface area contributed by atoms with Crippen LogP contribution in [-0.4, -0.2) is 15.7 Å². The summed E-state index contributed by atoms with van der Waals surface area (Å²) in [5.41, 5.74) is 5.17. The molecule has 0 aliphatic carbocycles. The first-order valence-corrected chi connectivity index (χ1v) is 7.63. The number of rotatable bonds is 4. The van der Waals surface area contributed by atoms with Crippen molar-refractivity contribution in [3.8, 4) is 11.3 Å². The molecule has 3 aromatic rings. The molecule has 1 aromatic carbocycles. The molecule has 0 unspecified atom stereocenters. The molecule has 1 N–H and O–H groups in total. The number of nitrogens with one attached hydrogen (secondary N) is 1. The molecule has 3 rings (SSSR count). The van der Waals surface area contributed by atoms with E-state index >= 15 is 0 Å². The zero-order valence-corrected chi connectivity index (χ0v) is 12.9. The van der Waals surface area contributed by atoms with Crippen LogP contribution in [0.5, 0.6) is 0 Å². The van der Waals surface area contributed by atoms with Crippen molar-refractivity contribution in [2.24, 2.45) is 5.10 Å². The van der Waals surface area contributed by atoms with Gasteiger partial charge in [0.15, 0.2) is 0 Å². The van der Waals surface area contributed by atoms with Crippen molar-refractivity contribution in [3.05, 3.63) is 65.3 Å². The van der Waals surface area contributed by atoms with Gasteiger partial charge in [0, 0.05) is 35.0 Å². The third-order valence-corrected chi connectivity index (χ3v) is 3.86. The van der Waals surface area contributed by atoms with Crippen LogP contribution in [-0.2, 0) is 0 Å². The van der Waals surface area contributed by atoms with Crippen LogP contribution >= 0.6 is 11.3 Å². The van der Waals surface area contributed by atoms with E-state index < -0.39 is 11.6 Å². The third-order valence-electron chi connectivity index (χ3n) is 3.11. The maximum Gasteiger partial charge on any atom is 0.203 e. The number of nitrogens with zero attached hydrogens (tertiary/aromatic N) is 3. The van der Waals surface area contributed by atoms with Crippen molar-refractivity contribution in [1.29, 1.82) is 0 Å². The number of hydrazone groups is 1. The molecule has 2 aromatic heterocycles. The van der Waals surface area contributed by atoms with E-state index in [0.717, 1.165) is 17.3 Å². The summed E-state index contributed by atoms with van der Waals surface area (Å²) in [7, 11) is 0. The molecular weight excluding hydrogens is 318 g/mol. The lowest BCUT2D eigenvalue weighted by Gasteiger charge is -2.01. The number of pyridine rings is 1. The minimum atomic E-state index is -0.642. The number of anilines is 1. The fourth-order valence-electron chi connectivity index (χ4n) is 1.92. The number of hydrogen-bond donors (Lipinski definition) is 1. The number of thiazole rings is 1. The van der Waals surface area contributed by atoms with Gasteiger partial charge in [0.25, 0.3) is 0 Å². The van der Waals surface area contributed by atoms with Crippen LogP contribution in [0, 0.1) is 11.6 Å². The summed E-state index contributed by atoms with van der Waals surface area (Å²) in [6, 6.07) is 7.14. The van der Waals surface area contributed by atoms with Crippen LogP contribution in [0.25, 0.3) is 11.3 Å². The van der Waals surface area contributed by atoms with Crippen molar-refractivity contribution >= 4 is 22.2 Å². The standard InChI is InChI=1S/C16H12F2N4S/c1-10(11-3-2-6-19-8-11)21-22-16-20-15(9-23-16)13-5-4-12(17)7-14(13)18/h2-9H,1H3,(H,20,22)/b21-10-. The van der Waals surface area contributed by atoms with Gasteiger partial charge in [0.05, 0.1) is 11.4 Å². The van der Waals surface area contributed by atoms with Crippen LogP contribution in [0.1, 0.15) is 12.5 Å². The van der Waals surface area contributed by atoms with Crippen LogP contribution in [0.4, 0.5) is 13.9 Å². The van der Waals surface area contributed by atoms with Crippen LogP contribution < -0.4 is 5.43 Å². The van der Waals surface area contributed by atoms with Crippen molar-refractivity contribution < 1.29 is 8.78 Å². The van der Waals surface area contributed by atoms with Crippen LogP contribution in [0.2, 0.25) is 0 Å². The molecule has 0 saturated heterocycles. The molecule has 0 bridgehead atoms. The minimum absolute atomic E-state index is 0.253. The molecule has 2 heterocycles. The summed E-state index contributed by atoms with van der Waals surface area (Å²) in [6.45, 7) is 1.85. The highest BCUT2D eigenvalue weighted by atomic mass is 32.1. The number of halogens is 2. The summed E-state index contributed by atoms with van der Waals surface area (Å²) in [4.78, 5) is 8.29. The monoisotopic (exact) mass is 330 g/mol. The normalized spacial score (nSPS) is 11.5. The van der Waals surface area contributed by atoms with Gasteiger partial charge < -0.3 is 0 Å². The lowest BCUT2D eigenvalue weighted by molar-refractivity contribution is 0.585. The summed E-state index contributed by atoms with van der Waals surface area (Å²) in [5.74, 6) is -1.26. The van der Waals surface area contributed by atoms with E-state index in [1.165, 1.54) is 23.5 Å². The van der Waals surface area contributed by atoms with E-state index in [0.29, 0.717) is 10.8 Å². The number of aromatic nitrogens is 2. The molecule has 0 atom stereocenters. The zero-order chi connectivity index (χ0) is 16.2. The first kappa shape index (κ1) is 15.2. The highest BCUT2D eigenvalue weighted by Gasteiger charge is 2.10. The van der Waals surface area contributed by atoms with Gasteiger partial charge in [0.1, 0.15) is 11.6 Å². The zero-order valence-electron chi connectivity index (χ0n) is 12.1. The van der Waals surface area contributed by atoms with Gasteiger partial charge in [-0.25, -0.2) is 13.8 Å². The van der Waals surface area contributed by atoms with Crippen molar-refractivity contribution in [1.82, 2.24) is 9.97 Å². The molecular formula is C16H12F2N4S. The quantitative estimate of drug-likeness (QED) is 0.572. The second kappa shape index (κ2) is 6.62. The van der Waals surface area contributed by atoms with Crippen LogP contribution in [0.3, 0.4) is 0 Å². The molecule has 0 aliphatic rings. The average molecular weight is 330 g/mol. The Kier molecular flexibility index (Phi) is 4.38. The van der Waals surface area contributed by atoms with E-state index in [9.17, 15) is 8.78 Å². The highest BCUT2D eigenvalue weighted by molar-refractivity contribution is 7.14. The van der Waals surface area contributed by atoms with Crippen molar-refractivity contribution in [2.45, 2.75) is 6.92 Å². The van der Waals surface area contributed by atoms with Gasteiger partial charge >= 0.3 is 0 Å². The van der Waals surface area contributed by atoms with E-state index in [1.54, 1.807) is 17.8 Å². The molecule has 7 heteroatoms.